The molecule has 7 atom stereocenters. The van der Waals surface area contributed by atoms with Crippen molar-refractivity contribution in [2.75, 3.05) is 0 Å². The van der Waals surface area contributed by atoms with Crippen LogP contribution in [0.4, 0.5) is 0 Å². The monoisotopic (exact) mass is 246 g/mol. The Morgan fingerprint density at radius 2 is 1.61 bits per heavy atom. The van der Waals surface area contributed by atoms with Crippen LogP contribution in [0.2, 0.25) is 0 Å². The molecule has 0 spiro atoms. The van der Waals surface area contributed by atoms with E-state index in [9.17, 15) is 0 Å². The van der Waals surface area contributed by atoms with Crippen LogP contribution in [-0.4, -0.2) is 0 Å². The lowest BCUT2D eigenvalue weighted by Crippen LogP contribution is -2.34. The van der Waals surface area contributed by atoms with Gasteiger partial charge in [-0.2, -0.15) is 0 Å². The van der Waals surface area contributed by atoms with Crippen LogP contribution in [0.1, 0.15) is 71.6 Å². The SMILES string of the molecule is CC1CC(C2(C)CCC3CCCC32)C2CCCC12. The highest BCUT2D eigenvalue weighted by Crippen LogP contribution is 2.65. The van der Waals surface area contributed by atoms with E-state index in [1.54, 1.807) is 57.8 Å². The predicted octanol–water partition coefficient (Wildman–Crippen LogP) is 5.28. The van der Waals surface area contributed by atoms with Gasteiger partial charge in [-0.1, -0.05) is 33.1 Å². The van der Waals surface area contributed by atoms with Crippen molar-refractivity contribution in [3.8, 4) is 0 Å². The predicted molar refractivity (Wildman–Crippen MR) is 76.3 cm³/mol. The Labute approximate surface area is 113 Å². The van der Waals surface area contributed by atoms with Crippen molar-refractivity contribution in [2.45, 2.75) is 71.6 Å². The maximum Gasteiger partial charge on any atom is -0.0264 e. The van der Waals surface area contributed by atoms with Crippen LogP contribution in [0.25, 0.3) is 0 Å². The van der Waals surface area contributed by atoms with Crippen LogP contribution in [0, 0.1) is 40.9 Å². The lowest BCUT2D eigenvalue weighted by Gasteiger charge is -2.41. The fourth-order valence-corrected chi connectivity index (χ4v) is 7.12. The summed E-state index contributed by atoms with van der Waals surface area (Å²) < 4.78 is 0. The molecule has 102 valence electrons. The highest BCUT2D eigenvalue weighted by atomic mass is 14.6. The minimum Gasteiger partial charge on any atom is -0.0622 e. The Bertz CT molecular complexity index is 333. The van der Waals surface area contributed by atoms with Gasteiger partial charge in [0.05, 0.1) is 0 Å². The number of rotatable bonds is 1. The molecule has 0 bridgehead atoms. The van der Waals surface area contributed by atoms with Crippen molar-refractivity contribution in [1.82, 2.24) is 0 Å². The van der Waals surface area contributed by atoms with Gasteiger partial charge >= 0.3 is 0 Å². The van der Waals surface area contributed by atoms with Gasteiger partial charge in [-0.05, 0) is 79.4 Å². The smallest absolute Gasteiger partial charge is 0.0264 e. The summed E-state index contributed by atoms with van der Waals surface area (Å²) in [7, 11) is 0. The molecule has 7 unspecified atom stereocenters. The first kappa shape index (κ1) is 11.8. The van der Waals surface area contributed by atoms with E-state index in [2.05, 4.69) is 13.8 Å². The fourth-order valence-electron chi connectivity index (χ4n) is 7.12. The molecule has 0 aromatic rings. The second-order valence-corrected chi connectivity index (χ2v) is 8.42. The molecule has 0 amide bonds. The number of fused-ring (bicyclic) bond motifs is 2. The second kappa shape index (κ2) is 4.00. The normalized spacial score (nSPS) is 59.0. The van der Waals surface area contributed by atoms with Crippen LogP contribution >= 0.6 is 0 Å². The van der Waals surface area contributed by atoms with E-state index >= 15 is 0 Å². The lowest BCUT2D eigenvalue weighted by molar-refractivity contribution is 0.0783. The van der Waals surface area contributed by atoms with E-state index in [1.165, 1.54) is 0 Å². The average molecular weight is 246 g/mol. The van der Waals surface area contributed by atoms with Gasteiger partial charge in [0.2, 0.25) is 0 Å². The Morgan fingerprint density at radius 1 is 0.833 bits per heavy atom. The number of hydrogen-bond acceptors (Lipinski definition) is 0. The first-order chi connectivity index (χ1) is 8.70. The average Bonchev–Trinajstić information content (AvgIpc) is 3.05. The second-order valence-electron chi connectivity index (χ2n) is 8.42. The van der Waals surface area contributed by atoms with Gasteiger partial charge in [0.25, 0.3) is 0 Å². The zero-order chi connectivity index (χ0) is 12.3. The summed E-state index contributed by atoms with van der Waals surface area (Å²) in [5.74, 6) is 6.64. The van der Waals surface area contributed by atoms with Crippen LogP contribution in [-0.2, 0) is 0 Å². The van der Waals surface area contributed by atoms with Crippen molar-refractivity contribution in [3.63, 3.8) is 0 Å². The lowest BCUT2D eigenvalue weighted by atomic mass is 9.64. The van der Waals surface area contributed by atoms with Crippen LogP contribution in [0.3, 0.4) is 0 Å². The van der Waals surface area contributed by atoms with Gasteiger partial charge in [0.1, 0.15) is 0 Å². The molecule has 0 nitrogen and oxygen atoms in total. The quantitative estimate of drug-likeness (QED) is 0.591. The number of hydrogen-bond donors (Lipinski definition) is 0. The molecule has 4 fully saturated rings. The molecule has 4 rings (SSSR count). The molecule has 4 aliphatic carbocycles. The Hall–Kier alpha value is 0. The van der Waals surface area contributed by atoms with E-state index in [4.69, 9.17) is 0 Å². The summed E-state index contributed by atoms with van der Waals surface area (Å²) >= 11 is 0. The van der Waals surface area contributed by atoms with Gasteiger partial charge < -0.3 is 0 Å². The van der Waals surface area contributed by atoms with Gasteiger partial charge in [0.15, 0.2) is 0 Å². The standard InChI is InChI=1S/C18H30/c1-12-11-17(15-7-4-6-14(12)15)18(2)10-9-13-5-3-8-16(13)18/h12-17H,3-11H2,1-2H3. The van der Waals surface area contributed by atoms with E-state index < -0.39 is 0 Å². The van der Waals surface area contributed by atoms with Crippen molar-refractivity contribution >= 4 is 0 Å². The summed E-state index contributed by atoms with van der Waals surface area (Å²) in [5.41, 5.74) is 0.749. The third-order valence-corrected chi connectivity index (χ3v) is 7.91. The molecule has 0 heteroatoms. The molecule has 0 heterocycles. The summed E-state index contributed by atoms with van der Waals surface area (Å²) in [6.07, 6.45) is 14.1. The van der Waals surface area contributed by atoms with Crippen molar-refractivity contribution < 1.29 is 0 Å². The van der Waals surface area contributed by atoms with Crippen LogP contribution in [0.5, 0.6) is 0 Å². The molecule has 0 saturated heterocycles. The topological polar surface area (TPSA) is 0 Å². The highest BCUT2D eigenvalue weighted by molar-refractivity contribution is 5.06. The maximum atomic E-state index is 2.71. The van der Waals surface area contributed by atoms with E-state index in [0.29, 0.717) is 0 Å². The minimum atomic E-state index is 0.749. The molecule has 4 saturated carbocycles. The molecule has 0 radical (unpaired) electrons. The van der Waals surface area contributed by atoms with Crippen molar-refractivity contribution in [3.05, 3.63) is 0 Å². The first-order valence-electron chi connectivity index (χ1n) is 8.70. The van der Waals surface area contributed by atoms with Crippen molar-refractivity contribution in [1.29, 1.82) is 0 Å². The zero-order valence-electron chi connectivity index (χ0n) is 12.3. The maximum absolute atomic E-state index is 2.71. The first-order valence-corrected chi connectivity index (χ1v) is 8.70. The molecule has 0 aliphatic heterocycles. The summed E-state index contributed by atoms with van der Waals surface area (Å²) in [5, 5.41) is 0. The third-order valence-electron chi connectivity index (χ3n) is 7.91. The van der Waals surface area contributed by atoms with Crippen LogP contribution < -0.4 is 0 Å². The van der Waals surface area contributed by atoms with Crippen LogP contribution in [0.15, 0.2) is 0 Å². The molecular formula is C18H30. The third kappa shape index (κ3) is 1.44. The van der Waals surface area contributed by atoms with Crippen molar-refractivity contribution in [2.24, 2.45) is 40.9 Å². The fraction of sp³-hybridized carbons (Fsp3) is 1.00. The highest BCUT2D eigenvalue weighted by Gasteiger charge is 2.57. The molecule has 0 N–H and O–H groups in total. The molecule has 4 aliphatic rings. The molecule has 0 aromatic heterocycles. The summed E-state index contributed by atoms with van der Waals surface area (Å²) in [6, 6.07) is 0. The van der Waals surface area contributed by atoms with Gasteiger partial charge in [-0.15, -0.1) is 0 Å². The largest absolute Gasteiger partial charge is 0.0622 e. The van der Waals surface area contributed by atoms with E-state index in [1.807, 2.05) is 0 Å². The van der Waals surface area contributed by atoms with Gasteiger partial charge in [-0.3, -0.25) is 0 Å². The van der Waals surface area contributed by atoms with E-state index in [-0.39, 0.29) is 0 Å². The zero-order valence-corrected chi connectivity index (χ0v) is 12.3. The van der Waals surface area contributed by atoms with Gasteiger partial charge in [0, 0.05) is 0 Å². The minimum absolute atomic E-state index is 0.749. The Morgan fingerprint density at radius 3 is 2.50 bits per heavy atom. The Kier molecular flexibility index (Phi) is 2.62. The van der Waals surface area contributed by atoms with Gasteiger partial charge in [-0.25, -0.2) is 0 Å². The summed E-state index contributed by atoms with van der Waals surface area (Å²) in [4.78, 5) is 0. The molecular weight excluding hydrogens is 216 g/mol. The molecule has 0 aromatic carbocycles. The Balaban J connectivity index is 1.62. The molecule has 18 heavy (non-hydrogen) atoms. The van der Waals surface area contributed by atoms with E-state index in [0.717, 1.165) is 40.9 Å². The summed E-state index contributed by atoms with van der Waals surface area (Å²) in [6.45, 7) is 5.27.